The molecule has 3 aromatic rings. The summed E-state index contributed by atoms with van der Waals surface area (Å²) in [7, 11) is -3.81. The molecule has 0 radical (unpaired) electrons. The average Bonchev–Trinajstić information content (AvgIpc) is 3.06. The van der Waals surface area contributed by atoms with Crippen LogP contribution in [0.25, 0.3) is 10.8 Å². The van der Waals surface area contributed by atoms with Crippen LogP contribution in [-0.2, 0) is 15.6 Å². The van der Waals surface area contributed by atoms with Crippen molar-refractivity contribution in [2.75, 3.05) is 0 Å². The Kier molecular flexibility index (Phi) is 4.44. The van der Waals surface area contributed by atoms with E-state index in [1.165, 1.54) is 31.3 Å². The van der Waals surface area contributed by atoms with Gasteiger partial charge in [-0.1, -0.05) is 5.16 Å². The maximum Gasteiger partial charge on any atom is 0.255 e. The van der Waals surface area contributed by atoms with E-state index in [-0.39, 0.29) is 20.9 Å². The van der Waals surface area contributed by atoms with E-state index in [0.717, 1.165) is 17.4 Å². The van der Waals surface area contributed by atoms with Crippen LogP contribution < -0.4 is 5.56 Å². The number of sulfone groups is 1. The molecule has 0 aliphatic rings. The monoisotopic (exact) mass is 380 g/mol. The molecular weight excluding hydrogens is 367 g/mol. The van der Waals surface area contributed by atoms with Gasteiger partial charge in [0, 0.05) is 17.1 Å². The van der Waals surface area contributed by atoms with E-state index in [4.69, 9.17) is 5.21 Å². The van der Waals surface area contributed by atoms with E-state index in [1.54, 1.807) is 6.07 Å². The molecule has 0 atom stereocenters. The minimum Gasteiger partial charge on any atom is -0.411 e. The maximum atomic E-state index is 14.3. The van der Waals surface area contributed by atoms with Crippen LogP contribution in [0, 0.1) is 5.82 Å². The Labute approximate surface area is 146 Å². The molecule has 3 rings (SSSR count). The Morgan fingerprint density at radius 2 is 2.08 bits per heavy atom. The van der Waals surface area contributed by atoms with E-state index in [1.807, 2.05) is 0 Å². The molecular formula is C16H13FN2O4S2. The quantitative estimate of drug-likeness (QED) is 0.413. The van der Waals surface area contributed by atoms with Crippen LogP contribution in [0.3, 0.4) is 0 Å². The number of hydrogen-bond donors (Lipinski definition) is 2. The van der Waals surface area contributed by atoms with Gasteiger partial charge in [0.25, 0.3) is 5.56 Å². The summed E-state index contributed by atoms with van der Waals surface area (Å²) in [5, 5.41) is 12.4. The first-order valence-electron chi connectivity index (χ1n) is 7.13. The van der Waals surface area contributed by atoms with Gasteiger partial charge < -0.3 is 10.2 Å². The van der Waals surface area contributed by atoms with Gasteiger partial charge in [-0.3, -0.25) is 4.79 Å². The molecule has 1 aromatic carbocycles. The zero-order valence-electron chi connectivity index (χ0n) is 13.0. The molecule has 0 bridgehead atoms. The third-order valence-electron chi connectivity index (χ3n) is 3.68. The van der Waals surface area contributed by atoms with Crippen LogP contribution in [-0.4, -0.2) is 24.3 Å². The number of fused-ring (bicyclic) bond motifs is 1. The van der Waals surface area contributed by atoms with Gasteiger partial charge in [0.05, 0.1) is 16.3 Å². The third kappa shape index (κ3) is 3.33. The van der Waals surface area contributed by atoms with Crippen LogP contribution in [0.4, 0.5) is 4.39 Å². The molecule has 0 spiro atoms. The topological polar surface area (TPSA) is 99.6 Å². The SMILES string of the molecule is C/C(=N\O)c1ccc(S(=O)(=O)Cc2cc3c(=O)[nH]ccc3cc2F)s1. The molecule has 2 N–H and O–H groups in total. The minimum atomic E-state index is -3.81. The number of nitrogens with zero attached hydrogens (tertiary/aromatic N) is 1. The zero-order valence-corrected chi connectivity index (χ0v) is 14.6. The van der Waals surface area contributed by atoms with Crippen LogP contribution in [0.2, 0.25) is 0 Å². The van der Waals surface area contributed by atoms with E-state index >= 15 is 0 Å². The molecule has 2 aromatic heterocycles. The standard InChI is InChI=1S/C16H13FN2O4S2/c1-9(19-21)14-2-3-15(24-14)25(22,23)8-11-6-12-10(7-13(11)17)4-5-18-16(12)20/h2-7,21H,8H2,1H3,(H,18,20)/b19-9+. The first-order chi connectivity index (χ1) is 11.8. The first kappa shape index (κ1) is 17.3. The van der Waals surface area contributed by atoms with Crippen LogP contribution in [0.1, 0.15) is 17.4 Å². The smallest absolute Gasteiger partial charge is 0.255 e. The number of halogens is 1. The van der Waals surface area contributed by atoms with E-state index in [2.05, 4.69) is 10.1 Å². The summed E-state index contributed by atoms with van der Waals surface area (Å²) < 4.78 is 39.4. The fourth-order valence-electron chi connectivity index (χ4n) is 2.37. The fraction of sp³-hybridized carbons (Fsp3) is 0.125. The molecule has 0 saturated heterocycles. The maximum absolute atomic E-state index is 14.3. The molecule has 0 saturated carbocycles. The van der Waals surface area contributed by atoms with Crippen molar-refractivity contribution >= 4 is 37.7 Å². The van der Waals surface area contributed by atoms with Crippen LogP contribution in [0.15, 0.2) is 50.7 Å². The van der Waals surface area contributed by atoms with Gasteiger partial charge in [0.2, 0.25) is 0 Å². The number of thiophene rings is 1. The summed E-state index contributed by atoms with van der Waals surface area (Å²) in [5.41, 5.74) is -0.203. The van der Waals surface area contributed by atoms with Crippen molar-refractivity contribution in [2.45, 2.75) is 16.9 Å². The molecule has 6 nitrogen and oxygen atoms in total. The van der Waals surface area contributed by atoms with Gasteiger partial charge in [0.1, 0.15) is 10.0 Å². The van der Waals surface area contributed by atoms with Crippen molar-refractivity contribution in [1.82, 2.24) is 4.98 Å². The molecule has 130 valence electrons. The molecule has 0 unspecified atom stereocenters. The number of rotatable bonds is 4. The second kappa shape index (κ2) is 6.41. The third-order valence-corrected chi connectivity index (χ3v) is 7.12. The number of aromatic nitrogens is 1. The number of H-pyrrole nitrogens is 1. The van der Waals surface area contributed by atoms with Crippen molar-refractivity contribution in [2.24, 2.45) is 5.16 Å². The van der Waals surface area contributed by atoms with Gasteiger partial charge in [-0.25, -0.2) is 12.8 Å². The highest BCUT2D eigenvalue weighted by Crippen LogP contribution is 2.27. The van der Waals surface area contributed by atoms with Gasteiger partial charge >= 0.3 is 0 Å². The lowest BCUT2D eigenvalue weighted by atomic mass is 10.1. The molecule has 0 fully saturated rings. The Hall–Kier alpha value is -2.52. The summed E-state index contributed by atoms with van der Waals surface area (Å²) in [6, 6.07) is 6.86. The lowest BCUT2D eigenvalue weighted by Gasteiger charge is -2.06. The molecule has 9 heteroatoms. The Morgan fingerprint density at radius 3 is 2.80 bits per heavy atom. The second-order valence-corrected chi connectivity index (χ2v) is 8.70. The molecule has 25 heavy (non-hydrogen) atoms. The molecule has 0 aliphatic heterocycles. The summed E-state index contributed by atoms with van der Waals surface area (Å²) >= 11 is 0.935. The minimum absolute atomic E-state index is 0.0342. The number of oxime groups is 1. The summed E-state index contributed by atoms with van der Waals surface area (Å²) in [6.45, 7) is 1.54. The van der Waals surface area contributed by atoms with Crippen molar-refractivity contribution in [3.05, 3.63) is 63.1 Å². The number of benzene rings is 1. The second-order valence-electron chi connectivity index (χ2n) is 5.40. The number of pyridine rings is 1. The molecule has 2 heterocycles. The normalized spacial score (nSPS) is 12.6. The van der Waals surface area contributed by atoms with Gasteiger partial charge in [-0.2, -0.15) is 0 Å². The highest BCUT2D eigenvalue weighted by atomic mass is 32.2. The number of hydrogen-bond acceptors (Lipinski definition) is 6. The first-order valence-corrected chi connectivity index (χ1v) is 9.60. The highest BCUT2D eigenvalue weighted by molar-refractivity contribution is 7.92. The summed E-state index contributed by atoms with van der Waals surface area (Å²) in [4.78, 5) is 14.8. The largest absolute Gasteiger partial charge is 0.411 e. The lowest BCUT2D eigenvalue weighted by molar-refractivity contribution is 0.319. The number of nitrogens with one attached hydrogen (secondary N) is 1. The van der Waals surface area contributed by atoms with Gasteiger partial charge in [-0.15, -0.1) is 11.3 Å². The average molecular weight is 380 g/mol. The molecule has 0 amide bonds. The predicted octanol–water partition coefficient (Wildman–Crippen LogP) is 2.90. The fourth-order valence-corrected chi connectivity index (χ4v) is 5.05. The van der Waals surface area contributed by atoms with E-state index in [9.17, 15) is 17.6 Å². The summed E-state index contributed by atoms with van der Waals surface area (Å²) in [6.07, 6.45) is 1.40. The van der Waals surface area contributed by atoms with Crippen LogP contribution in [0.5, 0.6) is 0 Å². The molecule has 0 aliphatic carbocycles. The zero-order chi connectivity index (χ0) is 18.2. The lowest BCUT2D eigenvalue weighted by Crippen LogP contribution is -2.09. The Balaban J connectivity index is 2.02. The van der Waals surface area contributed by atoms with E-state index < -0.39 is 27.0 Å². The van der Waals surface area contributed by atoms with Crippen molar-refractivity contribution in [1.29, 1.82) is 0 Å². The van der Waals surface area contributed by atoms with Crippen molar-refractivity contribution < 1.29 is 18.0 Å². The van der Waals surface area contributed by atoms with Crippen molar-refractivity contribution in [3.8, 4) is 0 Å². The summed E-state index contributed by atoms with van der Waals surface area (Å²) in [5.74, 6) is -1.26. The van der Waals surface area contributed by atoms with Crippen LogP contribution >= 0.6 is 11.3 Å². The number of aromatic amines is 1. The predicted molar refractivity (Wildman–Crippen MR) is 93.7 cm³/mol. The van der Waals surface area contributed by atoms with Crippen molar-refractivity contribution in [3.63, 3.8) is 0 Å². The van der Waals surface area contributed by atoms with E-state index in [0.29, 0.717) is 10.3 Å². The van der Waals surface area contributed by atoms with Gasteiger partial charge in [0.15, 0.2) is 9.84 Å². The van der Waals surface area contributed by atoms with Gasteiger partial charge in [-0.05, 0) is 42.6 Å². The Morgan fingerprint density at radius 1 is 1.32 bits per heavy atom. The highest BCUT2D eigenvalue weighted by Gasteiger charge is 2.21. The Bertz CT molecular complexity index is 1150.